The van der Waals surface area contributed by atoms with Crippen molar-refractivity contribution in [3.63, 3.8) is 0 Å². The molecule has 0 aliphatic heterocycles. The van der Waals surface area contributed by atoms with Crippen molar-refractivity contribution >= 4 is 47.8 Å². The SMILES string of the molecule is C[CH]Oc1c(Br)cc(Br)cc1Br. The third kappa shape index (κ3) is 2.47. The average Bonchev–Trinajstić information content (AvgIpc) is 1.96. The average molecular weight is 358 g/mol. The van der Waals surface area contributed by atoms with Gasteiger partial charge in [0.2, 0.25) is 0 Å². The largest absolute Gasteiger partial charge is 0.484 e. The topological polar surface area (TPSA) is 9.23 Å². The number of halogens is 3. The first-order valence-electron chi connectivity index (χ1n) is 3.24. The molecule has 0 saturated heterocycles. The highest BCUT2D eigenvalue weighted by Crippen LogP contribution is 2.36. The minimum Gasteiger partial charge on any atom is -0.484 e. The summed E-state index contributed by atoms with van der Waals surface area (Å²) in [4.78, 5) is 0. The van der Waals surface area contributed by atoms with Crippen molar-refractivity contribution in [2.24, 2.45) is 0 Å². The second-order valence-electron chi connectivity index (χ2n) is 2.05. The Labute approximate surface area is 96.9 Å². The van der Waals surface area contributed by atoms with Crippen LogP contribution in [0.15, 0.2) is 25.6 Å². The molecule has 1 rings (SSSR count). The lowest BCUT2D eigenvalue weighted by atomic mass is 10.3. The van der Waals surface area contributed by atoms with E-state index in [9.17, 15) is 0 Å². The zero-order valence-electron chi connectivity index (χ0n) is 6.27. The Morgan fingerprint density at radius 2 is 1.67 bits per heavy atom. The van der Waals surface area contributed by atoms with Gasteiger partial charge in [-0.1, -0.05) is 15.9 Å². The van der Waals surface area contributed by atoms with Gasteiger partial charge in [0, 0.05) is 4.47 Å². The molecule has 12 heavy (non-hydrogen) atoms. The highest BCUT2D eigenvalue weighted by atomic mass is 79.9. The molecule has 1 aromatic rings. The van der Waals surface area contributed by atoms with Gasteiger partial charge >= 0.3 is 0 Å². The molecule has 0 N–H and O–H groups in total. The molecule has 0 atom stereocenters. The Morgan fingerprint density at radius 1 is 1.17 bits per heavy atom. The molecule has 0 saturated carbocycles. The molecule has 0 aromatic heterocycles. The summed E-state index contributed by atoms with van der Waals surface area (Å²) in [6.45, 7) is 3.47. The number of hydrogen-bond donors (Lipinski definition) is 0. The molecule has 0 spiro atoms. The summed E-state index contributed by atoms with van der Waals surface area (Å²) in [6, 6.07) is 3.87. The maximum absolute atomic E-state index is 5.28. The summed E-state index contributed by atoms with van der Waals surface area (Å²) < 4.78 is 8.12. The fourth-order valence-corrected chi connectivity index (χ4v) is 3.20. The molecular formula is C8H6Br3O. The lowest BCUT2D eigenvalue weighted by Crippen LogP contribution is -1.88. The Morgan fingerprint density at radius 3 is 2.08 bits per heavy atom. The van der Waals surface area contributed by atoms with Crippen LogP contribution in [0.4, 0.5) is 0 Å². The highest BCUT2D eigenvalue weighted by molar-refractivity contribution is 9.11. The van der Waals surface area contributed by atoms with E-state index in [4.69, 9.17) is 4.74 Å². The molecule has 0 bridgehead atoms. The van der Waals surface area contributed by atoms with Crippen LogP contribution in [0.3, 0.4) is 0 Å². The number of benzene rings is 1. The van der Waals surface area contributed by atoms with E-state index >= 15 is 0 Å². The first-order valence-corrected chi connectivity index (χ1v) is 5.62. The summed E-state index contributed by atoms with van der Waals surface area (Å²) in [6.07, 6.45) is 0. The minimum atomic E-state index is 0.792. The fourth-order valence-electron chi connectivity index (χ4n) is 0.759. The van der Waals surface area contributed by atoms with Gasteiger partial charge in [0.05, 0.1) is 8.95 Å². The zero-order valence-corrected chi connectivity index (χ0v) is 11.0. The monoisotopic (exact) mass is 355 g/mol. The van der Waals surface area contributed by atoms with Crippen molar-refractivity contribution in [2.75, 3.05) is 0 Å². The van der Waals surface area contributed by atoms with Crippen LogP contribution in [-0.2, 0) is 0 Å². The summed E-state index contributed by atoms with van der Waals surface area (Å²) in [5.41, 5.74) is 0. The van der Waals surface area contributed by atoms with Crippen LogP contribution in [0.2, 0.25) is 0 Å². The zero-order chi connectivity index (χ0) is 9.14. The van der Waals surface area contributed by atoms with Gasteiger partial charge in [0.1, 0.15) is 12.4 Å². The van der Waals surface area contributed by atoms with E-state index in [0.29, 0.717) is 0 Å². The standard InChI is InChI=1S/C8H6Br3O/c1-2-12-8-6(10)3-5(9)4-7(8)11/h2-4H,1H3. The maximum atomic E-state index is 5.28. The molecule has 0 heterocycles. The second kappa shape index (κ2) is 4.63. The molecule has 0 aliphatic carbocycles. The molecule has 1 aromatic carbocycles. The second-order valence-corrected chi connectivity index (χ2v) is 4.68. The van der Waals surface area contributed by atoms with E-state index in [2.05, 4.69) is 47.8 Å². The van der Waals surface area contributed by atoms with Gasteiger partial charge in [-0.2, -0.15) is 0 Å². The fraction of sp³-hybridized carbons (Fsp3) is 0.125. The Bertz CT molecular complexity index is 263. The number of ether oxygens (including phenoxy) is 1. The Kier molecular flexibility index (Phi) is 4.06. The van der Waals surface area contributed by atoms with Gasteiger partial charge in [-0.3, -0.25) is 0 Å². The van der Waals surface area contributed by atoms with E-state index < -0.39 is 0 Å². The third-order valence-corrected chi connectivity index (χ3v) is 2.83. The third-order valence-electron chi connectivity index (χ3n) is 1.20. The lowest BCUT2D eigenvalue weighted by molar-refractivity contribution is 0.411. The van der Waals surface area contributed by atoms with Crippen LogP contribution in [0.1, 0.15) is 6.92 Å². The molecular weight excluding hydrogens is 352 g/mol. The van der Waals surface area contributed by atoms with Gasteiger partial charge in [0.25, 0.3) is 0 Å². The molecule has 0 fully saturated rings. The van der Waals surface area contributed by atoms with Gasteiger partial charge in [-0.15, -0.1) is 0 Å². The molecule has 1 nitrogen and oxygen atoms in total. The van der Waals surface area contributed by atoms with E-state index in [1.54, 1.807) is 6.61 Å². The molecule has 0 aliphatic rings. The Balaban J connectivity index is 3.10. The first-order chi connectivity index (χ1) is 5.65. The van der Waals surface area contributed by atoms with Crippen molar-refractivity contribution in [1.82, 2.24) is 0 Å². The van der Waals surface area contributed by atoms with Gasteiger partial charge < -0.3 is 4.74 Å². The van der Waals surface area contributed by atoms with Crippen LogP contribution >= 0.6 is 47.8 Å². The lowest BCUT2D eigenvalue weighted by Gasteiger charge is -2.07. The van der Waals surface area contributed by atoms with Crippen LogP contribution in [0, 0.1) is 6.61 Å². The van der Waals surface area contributed by atoms with E-state index in [1.165, 1.54) is 0 Å². The molecule has 1 radical (unpaired) electrons. The molecule has 65 valence electrons. The van der Waals surface area contributed by atoms with Crippen LogP contribution in [0.25, 0.3) is 0 Å². The smallest absolute Gasteiger partial charge is 0.148 e. The predicted molar refractivity (Wildman–Crippen MR) is 60.1 cm³/mol. The molecule has 0 unspecified atom stereocenters. The van der Waals surface area contributed by atoms with Crippen LogP contribution in [-0.4, -0.2) is 0 Å². The van der Waals surface area contributed by atoms with E-state index in [1.807, 2.05) is 19.1 Å². The minimum absolute atomic E-state index is 0.792. The van der Waals surface area contributed by atoms with Crippen LogP contribution in [0.5, 0.6) is 5.75 Å². The van der Waals surface area contributed by atoms with Crippen molar-refractivity contribution in [1.29, 1.82) is 0 Å². The van der Waals surface area contributed by atoms with E-state index in [0.717, 1.165) is 19.2 Å². The number of hydrogen-bond acceptors (Lipinski definition) is 1. The van der Waals surface area contributed by atoms with Crippen molar-refractivity contribution < 1.29 is 4.74 Å². The summed E-state index contributed by atoms with van der Waals surface area (Å²) in [5.74, 6) is 0.792. The van der Waals surface area contributed by atoms with Crippen molar-refractivity contribution in [3.8, 4) is 5.75 Å². The molecule has 4 heteroatoms. The highest BCUT2D eigenvalue weighted by Gasteiger charge is 2.06. The summed E-state index contributed by atoms with van der Waals surface area (Å²) >= 11 is 10.2. The maximum Gasteiger partial charge on any atom is 0.148 e. The van der Waals surface area contributed by atoms with Gasteiger partial charge in [-0.05, 0) is 50.9 Å². The van der Waals surface area contributed by atoms with Gasteiger partial charge in [-0.25, -0.2) is 0 Å². The van der Waals surface area contributed by atoms with Crippen LogP contribution < -0.4 is 4.74 Å². The predicted octanol–water partition coefficient (Wildman–Crippen LogP) is 4.53. The van der Waals surface area contributed by atoms with E-state index in [-0.39, 0.29) is 0 Å². The summed E-state index contributed by atoms with van der Waals surface area (Å²) in [5, 5.41) is 0. The number of rotatable bonds is 2. The van der Waals surface area contributed by atoms with Gasteiger partial charge in [0.15, 0.2) is 0 Å². The first kappa shape index (κ1) is 10.5. The van der Waals surface area contributed by atoms with Crippen molar-refractivity contribution in [3.05, 3.63) is 32.2 Å². The Hall–Kier alpha value is 0.460. The normalized spacial score (nSPS) is 10.0. The summed E-state index contributed by atoms with van der Waals surface area (Å²) in [7, 11) is 0. The van der Waals surface area contributed by atoms with Crippen molar-refractivity contribution in [2.45, 2.75) is 6.92 Å². The quantitative estimate of drug-likeness (QED) is 0.755. The molecule has 0 amide bonds.